The highest BCUT2D eigenvalue weighted by Gasteiger charge is 2.18. The molecule has 1 aromatic carbocycles. The van der Waals surface area contributed by atoms with E-state index in [4.69, 9.17) is 5.73 Å². The standard InChI is InChI=1S/C15H16BrN3O/c1-9-4-6-12(10(2)18-9)15(20)19(3)14-7-5-11(16)8-13(14)17/h4-8H,17H2,1-3H3. The molecule has 0 aliphatic carbocycles. The molecular formula is C15H16BrN3O. The van der Waals surface area contributed by atoms with E-state index in [1.165, 1.54) is 0 Å². The van der Waals surface area contributed by atoms with Crippen LogP contribution in [0.2, 0.25) is 0 Å². The van der Waals surface area contributed by atoms with Gasteiger partial charge in [0.25, 0.3) is 5.91 Å². The Kier molecular flexibility index (Phi) is 4.09. The van der Waals surface area contributed by atoms with E-state index in [-0.39, 0.29) is 5.91 Å². The molecule has 0 bridgehead atoms. The number of rotatable bonds is 2. The molecule has 1 amide bonds. The molecule has 2 aromatic rings. The summed E-state index contributed by atoms with van der Waals surface area (Å²) in [6.45, 7) is 3.73. The maximum atomic E-state index is 12.5. The van der Waals surface area contributed by atoms with Crippen LogP contribution < -0.4 is 10.6 Å². The molecule has 104 valence electrons. The minimum atomic E-state index is -0.121. The first-order chi connectivity index (χ1) is 9.40. The number of nitrogens with two attached hydrogens (primary N) is 1. The van der Waals surface area contributed by atoms with Gasteiger partial charge in [-0.1, -0.05) is 15.9 Å². The molecule has 1 heterocycles. The SMILES string of the molecule is Cc1ccc(C(=O)N(C)c2ccc(Br)cc2N)c(C)n1. The van der Waals surface area contributed by atoms with Crippen LogP contribution in [0.1, 0.15) is 21.7 Å². The molecule has 0 fully saturated rings. The first-order valence-corrected chi connectivity index (χ1v) is 6.97. The zero-order chi connectivity index (χ0) is 14.9. The molecule has 1 aromatic heterocycles. The maximum absolute atomic E-state index is 12.5. The number of pyridine rings is 1. The van der Waals surface area contributed by atoms with E-state index in [9.17, 15) is 4.79 Å². The van der Waals surface area contributed by atoms with Crippen molar-refractivity contribution >= 4 is 33.2 Å². The summed E-state index contributed by atoms with van der Waals surface area (Å²) < 4.78 is 0.882. The summed E-state index contributed by atoms with van der Waals surface area (Å²) in [4.78, 5) is 18.4. The van der Waals surface area contributed by atoms with Crippen molar-refractivity contribution in [3.63, 3.8) is 0 Å². The van der Waals surface area contributed by atoms with Crippen molar-refractivity contribution in [1.29, 1.82) is 0 Å². The molecule has 0 unspecified atom stereocenters. The summed E-state index contributed by atoms with van der Waals surface area (Å²) in [5, 5.41) is 0. The lowest BCUT2D eigenvalue weighted by Gasteiger charge is -2.20. The van der Waals surface area contributed by atoms with Crippen LogP contribution in [-0.2, 0) is 0 Å². The van der Waals surface area contributed by atoms with Crippen molar-refractivity contribution in [2.24, 2.45) is 0 Å². The fraction of sp³-hybridized carbons (Fsp3) is 0.200. The molecular weight excluding hydrogens is 318 g/mol. The maximum Gasteiger partial charge on any atom is 0.259 e. The molecule has 0 saturated heterocycles. The van der Waals surface area contributed by atoms with Crippen LogP contribution in [0.4, 0.5) is 11.4 Å². The number of nitrogens with zero attached hydrogens (tertiary/aromatic N) is 2. The molecule has 0 radical (unpaired) electrons. The molecule has 2 N–H and O–H groups in total. The quantitative estimate of drug-likeness (QED) is 0.857. The van der Waals surface area contributed by atoms with E-state index < -0.39 is 0 Å². The molecule has 4 nitrogen and oxygen atoms in total. The first kappa shape index (κ1) is 14.5. The average molecular weight is 334 g/mol. The van der Waals surface area contributed by atoms with E-state index in [0.717, 1.165) is 15.9 Å². The van der Waals surface area contributed by atoms with E-state index in [1.54, 1.807) is 24.1 Å². The largest absolute Gasteiger partial charge is 0.397 e. The van der Waals surface area contributed by atoms with Gasteiger partial charge in [-0.15, -0.1) is 0 Å². The van der Waals surface area contributed by atoms with Crippen LogP contribution in [0.3, 0.4) is 0 Å². The Morgan fingerprint density at radius 2 is 1.95 bits per heavy atom. The van der Waals surface area contributed by atoms with Crippen molar-refractivity contribution in [2.45, 2.75) is 13.8 Å². The minimum absolute atomic E-state index is 0.121. The second-order valence-corrected chi connectivity index (χ2v) is 5.57. The zero-order valence-electron chi connectivity index (χ0n) is 11.6. The van der Waals surface area contributed by atoms with Gasteiger partial charge >= 0.3 is 0 Å². The number of amides is 1. The van der Waals surface area contributed by atoms with Crippen LogP contribution in [0.5, 0.6) is 0 Å². The molecule has 0 aliphatic heterocycles. The Hall–Kier alpha value is -1.88. The van der Waals surface area contributed by atoms with Crippen LogP contribution in [0.25, 0.3) is 0 Å². The smallest absolute Gasteiger partial charge is 0.259 e. The monoisotopic (exact) mass is 333 g/mol. The molecule has 0 spiro atoms. The number of carbonyl (C=O) groups excluding carboxylic acids is 1. The second-order valence-electron chi connectivity index (χ2n) is 4.65. The van der Waals surface area contributed by atoms with Crippen molar-refractivity contribution in [1.82, 2.24) is 4.98 Å². The fourth-order valence-electron chi connectivity index (χ4n) is 2.03. The van der Waals surface area contributed by atoms with Gasteiger partial charge in [-0.3, -0.25) is 9.78 Å². The third-order valence-corrected chi connectivity index (χ3v) is 3.60. The molecule has 20 heavy (non-hydrogen) atoms. The van der Waals surface area contributed by atoms with E-state index in [0.29, 0.717) is 16.9 Å². The number of halogens is 1. The Morgan fingerprint density at radius 3 is 2.55 bits per heavy atom. The summed E-state index contributed by atoms with van der Waals surface area (Å²) in [5.74, 6) is -0.121. The van der Waals surface area contributed by atoms with Gasteiger partial charge in [-0.25, -0.2) is 0 Å². The highest BCUT2D eigenvalue weighted by Crippen LogP contribution is 2.27. The van der Waals surface area contributed by atoms with E-state index in [2.05, 4.69) is 20.9 Å². The Bertz CT molecular complexity index is 670. The van der Waals surface area contributed by atoms with Crippen molar-refractivity contribution in [2.75, 3.05) is 17.7 Å². The minimum Gasteiger partial charge on any atom is -0.397 e. The number of benzene rings is 1. The van der Waals surface area contributed by atoms with E-state index in [1.807, 2.05) is 32.0 Å². The highest BCUT2D eigenvalue weighted by atomic mass is 79.9. The normalized spacial score (nSPS) is 10.4. The van der Waals surface area contributed by atoms with Gasteiger partial charge < -0.3 is 10.6 Å². The van der Waals surface area contributed by atoms with Crippen LogP contribution in [-0.4, -0.2) is 17.9 Å². The zero-order valence-corrected chi connectivity index (χ0v) is 13.2. The predicted molar refractivity (Wildman–Crippen MR) is 85.0 cm³/mol. The summed E-state index contributed by atoms with van der Waals surface area (Å²) in [5.41, 5.74) is 9.39. The lowest BCUT2D eigenvalue weighted by Crippen LogP contribution is -2.28. The fourth-order valence-corrected chi connectivity index (χ4v) is 2.41. The van der Waals surface area contributed by atoms with Crippen molar-refractivity contribution in [3.8, 4) is 0 Å². The third-order valence-electron chi connectivity index (χ3n) is 3.11. The molecule has 0 atom stereocenters. The van der Waals surface area contributed by atoms with Gasteiger partial charge in [0.2, 0.25) is 0 Å². The van der Waals surface area contributed by atoms with Gasteiger partial charge in [0.05, 0.1) is 22.6 Å². The molecule has 0 aliphatic rings. The average Bonchev–Trinajstić information content (AvgIpc) is 2.37. The lowest BCUT2D eigenvalue weighted by molar-refractivity contribution is 0.0992. The number of carbonyl (C=O) groups is 1. The van der Waals surface area contributed by atoms with Gasteiger partial charge in [0.15, 0.2) is 0 Å². The van der Waals surface area contributed by atoms with Gasteiger partial charge in [-0.2, -0.15) is 0 Å². The number of anilines is 2. The summed E-state index contributed by atoms with van der Waals surface area (Å²) in [6.07, 6.45) is 0. The topological polar surface area (TPSA) is 59.2 Å². The molecule has 5 heteroatoms. The van der Waals surface area contributed by atoms with Gasteiger partial charge in [0.1, 0.15) is 0 Å². The summed E-state index contributed by atoms with van der Waals surface area (Å²) in [6, 6.07) is 9.08. The number of aryl methyl sites for hydroxylation is 2. The number of nitrogen functional groups attached to an aromatic ring is 1. The Balaban J connectivity index is 2.37. The number of aromatic nitrogens is 1. The first-order valence-electron chi connectivity index (χ1n) is 6.17. The van der Waals surface area contributed by atoms with Crippen molar-refractivity contribution in [3.05, 3.63) is 51.8 Å². The molecule has 2 rings (SSSR count). The second kappa shape index (κ2) is 5.63. The summed E-state index contributed by atoms with van der Waals surface area (Å²) >= 11 is 3.35. The van der Waals surface area contributed by atoms with Crippen LogP contribution in [0.15, 0.2) is 34.8 Å². The van der Waals surface area contributed by atoms with E-state index >= 15 is 0 Å². The van der Waals surface area contributed by atoms with Crippen molar-refractivity contribution < 1.29 is 4.79 Å². The van der Waals surface area contributed by atoms with Crippen LogP contribution in [0, 0.1) is 13.8 Å². The Labute approximate surface area is 126 Å². The van der Waals surface area contributed by atoms with Gasteiger partial charge in [-0.05, 0) is 44.2 Å². The number of hydrogen-bond acceptors (Lipinski definition) is 3. The highest BCUT2D eigenvalue weighted by molar-refractivity contribution is 9.10. The Morgan fingerprint density at radius 1 is 1.25 bits per heavy atom. The molecule has 0 saturated carbocycles. The third kappa shape index (κ3) is 2.82. The summed E-state index contributed by atoms with van der Waals surface area (Å²) in [7, 11) is 1.71. The lowest BCUT2D eigenvalue weighted by atomic mass is 10.1. The predicted octanol–water partition coefficient (Wildman–Crippen LogP) is 3.32. The number of hydrogen-bond donors (Lipinski definition) is 1. The van der Waals surface area contributed by atoms with Crippen LogP contribution >= 0.6 is 15.9 Å². The van der Waals surface area contributed by atoms with Gasteiger partial charge in [0, 0.05) is 17.2 Å².